The van der Waals surface area contributed by atoms with Crippen LogP contribution in [0.25, 0.3) is 0 Å². The number of aromatic nitrogens is 1. The smallest absolute Gasteiger partial charge is 0.318 e. The van der Waals surface area contributed by atoms with Crippen molar-refractivity contribution in [3.63, 3.8) is 0 Å². The lowest BCUT2D eigenvalue weighted by atomic mass is 10.1. The predicted molar refractivity (Wildman–Crippen MR) is 73.2 cm³/mol. The molecule has 0 spiro atoms. The molecule has 1 aromatic heterocycles. The van der Waals surface area contributed by atoms with Gasteiger partial charge in [-0.1, -0.05) is 0 Å². The van der Waals surface area contributed by atoms with Crippen LogP contribution in [-0.2, 0) is 0 Å². The Bertz CT molecular complexity index is 539. The summed E-state index contributed by atoms with van der Waals surface area (Å²) in [5, 5.41) is 11.8. The van der Waals surface area contributed by atoms with Crippen LogP contribution < -0.4 is 10.1 Å². The van der Waals surface area contributed by atoms with Crippen molar-refractivity contribution in [3.8, 4) is 11.9 Å². The summed E-state index contributed by atoms with van der Waals surface area (Å²) < 4.78 is 5.63. The van der Waals surface area contributed by atoms with Crippen LogP contribution in [0.5, 0.6) is 5.88 Å². The summed E-state index contributed by atoms with van der Waals surface area (Å²) in [6.45, 7) is 6.82. The third-order valence-electron chi connectivity index (χ3n) is 2.79. The number of amides is 2. The van der Waals surface area contributed by atoms with Gasteiger partial charge in [-0.3, -0.25) is 0 Å². The van der Waals surface area contributed by atoms with Gasteiger partial charge < -0.3 is 15.0 Å². The van der Waals surface area contributed by atoms with Crippen molar-refractivity contribution in [2.75, 3.05) is 13.1 Å². The van der Waals surface area contributed by atoms with E-state index in [9.17, 15) is 4.79 Å². The van der Waals surface area contributed by atoms with E-state index in [1.165, 1.54) is 0 Å². The zero-order chi connectivity index (χ0) is 14.8. The van der Waals surface area contributed by atoms with Gasteiger partial charge in [0, 0.05) is 11.7 Å². The quantitative estimate of drug-likeness (QED) is 0.887. The number of hydrogen-bond donors (Lipinski definition) is 1. The fourth-order valence-electron chi connectivity index (χ4n) is 1.81. The number of likely N-dealkylation sites (tertiary alicyclic amines) is 1. The van der Waals surface area contributed by atoms with E-state index < -0.39 is 0 Å². The Morgan fingerprint density at radius 1 is 1.55 bits per heavy atom. The molecule has 1 aliphatic heterocycles. The molecule has 6 nitrogen and oxygen atoms in total. The van der Waals surface area contributed by atoms with Crippen molar-refractivity contribution in [1.82, 2.24) is 15.2 Å². The Balaban J connectivity index is 1.86. The van der Waals surface area contributed by atoms with Gasteiger partial charge in [-0.05, 0) is 32.9 Å². The first kappa shape index (κ1) is 14.1. The summed E-state index contributed by atoms with van der Waals surface area (Å²) in [7, 11) is 0. The third-order valence-corrected chi connectivity index (χ3v) is 2.79. The number of ether oxygens (including phenoxy) is 1. The Kier molecular flexibility index (Phi) is 3.79. The molecule has 0 atom stereocenters. The lowest BCUT2D eigenvalue weighted by molar-refractivity contribution is 0.0391. The SMILES string of the molecule is CC(C)(C)NC(=O)N1CC(Oc2ncccc2C#N)C1. The molecule has 0 aliphatic carbocycles. The molecule has 0 radical (unpaired) electrons. The topological polar surface area (TPSA) is 78.2 Å². The lowest BCUT2D eigenvalue weighted by Gasteiger charge is -2.40. The van der Waals surface area contributed by atoms with Crippen molar-refractivity contribution in [3.05, 3.63) is 23.9 Å². The van der Waals surface area contributed by atoms with Crippen molar-refractivity contribution in [2.24, 2.45) is 0 Å². The van der Waals surface area contributed by atoms with E-state index >= 15 is 0 Å². The Morgan fingerprint density at radius 2 is 2.25 bits per heavy atom. The molecule has 1 N–H and O–H groups in total. The summed E-state index contributed by atoms with van der Waals surface area (Å²) in [5.74, 6) is 0.330. The number of nitrogens with zero attached hydrogens (tertiary/aromatic N) is 3. The normalized spacial score (nSPS) is 15.2. The highest BCUT2D eigenvalue weighted by atomic mass is 16.5. The molecule has 0 saturated carbocycles. The molecule has 0 aromatic carbocycles. The van der Waals surface area contributed by atoms with Gasteiger partial charge in [0.2, 0.25) is 5.88 Å². The summed E-state index contributed by atoms with van der Waals surface area (Å²) in [6.07, 6.45) is 1.47. The molecule has 1 aromatic rings. The van der Waals surface area contributed by atoms with Gasteiger partial charge in [0.15, 0.2) is 0 Å². The summed E-state index contributed by atoms with van der Waals surface area (Å²) in [4.78, 5) is 17.6. The van der Waals surface area contributed by atoms with E-state index in [-0.39, 0.29) is 17.7 Å². The van der Waals surface area contributed by atoms with E-state index in [2.05, 4.69) is 10.3 Å². The lowest BCUT2D eigenvalue weighted by Crippen LogP contribution is -2.61. The van der Waals surface area contributed by atoms with Crippen LogP contribution in [-0.4, -0.2) is 40.6 Å². The van der Waals surface area contributed by atoms with Gasteiger partial charge in [0.1, 0.15) is 17.7 Å². The minimum Gasteiger partial charge on any atom is -0.470 e. The maximum atomic E-state index is 11.9. The molecule has 1 aliphatic rings. The second kappa shape index (κ2) is 5.37. The molecule has 20 heavy (non-hydrogen) atoms. The molecule has 1 saturated heterocycles. The zero-order valence-corrected chi connectivity index (χ0v) is 11.9. The number of carbonyl (C=O) groups is 1. The van der Waals surface area contributed by atoms with Gasteiger partial charge >= 0.3 is 6.03 Å². The highest BCUT2D eigenvalue weighted by Gasteiger charge is 2.34. The number of pyridine rings is 1. The largest absolute Gasteiger partial charge is 0.470 e. The highest BCUT2D eigenvalue weighted by molar-refractivity contribution is 5.75. The van der Waals surface area contributed by atoms with E-state index in [0.717, 1.165) is 0 Å². The van der Waals surface area contributed by atoms with E-state index in [1.807, 2.05) is 26.8 Å². The minimum absolute atomic E-state index is 0.0983. The van der Waals surface area contributed by atoms with Crippen LogP contribution in [0.3, 0.4) is 0 Å². The van der Waals surface area contributed by atoms with Crippen LogP contribution >= 0.6 is 0 Å². The Morgan fingerprint density at radius 3 is 2.85 bits per heavy atom. The zero-order valence-electron chi connectivity index (χ0n) is 11.9. The minimum atomic E-state index is -0.252. The molecule has 2 rings (SSSR count). The fraction of sp³-hybridized carbons (Fsp3) is 0.500. The first-order valence-electron chi connectivity index (χ1n) is 6.48. The Labute approximate surface area is 118 Å². The number of nitriles is 1. The van der Waals surface area contributed by atoms with Crippen LogP contribution in [0, 0.1) is 11.3 Å². The molecule has 0 unspecified atom stereocenters. The van der Waals surface area contributed by atoms with Crippen molar-refractivity contribution < 1.29 is 9.53 Å². The van der Waals surface area contributed by atoms with Gasteiger partial charge in [-0.2, -0.15) is 5.26 Å². The van der Waals surface area contributed by atoms with E-state index in [1.54, 1.807) is 23.2 Å². The van der Waals surface area contributed by atoms with Crippen molar-refractivity contribution in [1.29, 1.82) is 5.26 Å². The molecular formula is C14H18N4O2. The number of carbonyl (C=O) groups excluding carboxylic acids is 1. The van der Waals surface area contributed by atoms with Crippen LogP contribution in [0.4, 0.5) is 4.79 Å². The van der Waals surface area contributed by atoms with E-state index in [0.29, 0.717) is 24.5 Å². The third kappa shape index (κ3) is 3.38. The van der Waals surface area contributed by atoms with Gasteiger partial charge in [-0.25, -0.2) is 9.78 Å². The molecule has 2 amide bonds. The molecule has 106 valence electrons. The van der Waals surface area contributed by atoms with Crippen LogP contribution in [0.1, 0.15) is 26.3 Å². The molecule has 1 fully saturated rings. The first-order chi connectivity index (χ1) is 9.39. The maximum Gasteiger partial charge on any atom is 0.318 e. The molecular weight excluding hydrogens is 256 g/mol. The highest BCUT2D eigenvalue weighted by Crippen LogP contribution is 2.19. The number of rotatable bonds is 2. The van der Waals surface area contributed by atoms with Crippen LogP contribution in [0.15, 0.2) is 18.3 Å². The molecule has 6 heteroatoms. The monoisotopic (exact) mass is 274 g/mol. The number of nitrogens with one attached hydrogen (secondary N) is 1. The molecule has 0 bridgehead atoms. The summed E-state index contributed by atoms with van der Waals surface area (Å²) >= 11 is 0. The average molecular weight is 274 g/mol. The summed E-state index contributed by atoms with van der Waals surface area (Å²) in [6, 6.07) is 5.28. The average Bonchev–Trinajstić information content (AvgIpc) is 2.31. The fourth-order valence-corrected chi connectivity index (χ4v) is 1.81. The van der Waals surface area contributed by atoms with Crippen molar-refractivity contribution >= 4 is 6.03 Å². The van der Waals surface area contributed by atoms with Crippen molar-refractivity contribution in [2.45, 2.75) is 32.4 Å². The first-order valence-corrected chi connectivity index (χ1v) is 6.48. The maximum absolute atomic E-state index is 11.9. The van der Waals surface area contributed by atoms with Gasteiger partial charge in [0.05, 0.1) is 13.1 Å². The number of urea groups is 1. The number of hydrogen-bond acceptors (Lipinski definition) is 4. The van der Waals surface area contributed by atoms with E-state index in [4.69, 9.17) is 10.00 Å². The van der Waals surface area contributed by atoms with Gasteiger partial charge in [-0.15, -0.1) is 0 Å². The van der Waals surface area contributed by atoms with Gasteiger partial charge in [0.25, 0.3) is 0 Å². The van der Waals surface area contributed by atoms with Crippen LogP contribution in [0.2, 0.25) is 0 Å². The summed E-state index contributed by atoms with van der Waals surface area (Å²) in [5.41, 5.74) is 0.156. The predicted octanol–water partition coefficient (Wildman–Crippen LogP) is 1.52. The Hall–Kier alpha value is -2.29. The second-order valence-electron chi connectivity index (χ2n) is 5.79. The standard InChI is InChI=1S/C14H18N4O2/c1-14(2,3)17-13(19)18-8-11(9-18)20-12-10(7-15)5-4-6-16-12/h4-6,11H,8-9H2,1-3H3,(H,17,19). The second-order valence-corrected chi connectivity index (χ2v) is 5.79. The molecule has 2 heterocycles.